The Labute approximate surface area is 120 Å². The lowest BCUT2D eigenvalue weighted by atomic mass is 10.1. The summed E-state index contributed by atoms with van der Waals surface area (Å²) < 4.78 is 5.11. The third-order valence-corrected chi connectivity index (χ3v) is 2.46. The average Bonchev–Trinajstić information content (AvgIpc) is 2.36. The molecule has 0 bridgehead atoms. The molecule has 0 aliphatic heterocycles. The molecule has 0 aliphatic rings. The first-order chi connectivity index (χ1) is 9.76. The summed E-state index contributed by atoms with van der Waals surface area (Å²) >= 11 is 0. The Hall–Kier alpha value is -2.77. The highest BCUT2D eigenvalue weighted by Crippen LogP contribution is 2.25. The lowest BCUT2D eigenvalue weighted by Crippen LogP contribution is -2.42. The number of carbonyl (C=O) groups excluding carboxylic acids is 1. The third-order valence-electron chi connectivity index (χ3n) is 2.46. The molecule has 2 rings (SSSR count). The number of carbonyl (C=O) groups is 1. The zero-order valence-electron chi connectivity index (χ0n) is 11.8. The van der Waals surface area contributed by atoms with Gasteiger partial charge in [-0.25, -0.2) is 14.8 Å². The largest absolute Gasteiger partial charge is 0.414 e. The van der Waals surface area contributed by atoms with E-state index < -0.39 is 16.6 Å². The molecule has 1 aromatic heterocycles. The van der Waals surface area contributed by atoms with Gasteiger partial charge in [-0.2, -0.15) is 0 Å². The van der Waals surface area contributed by atoms with Crippen molar-refractivity contribution in [2.24, 2.45) is 0 Å². The molecule has 0 unspecified atom stereocenters. The first-order valence-corrected chi connectivity index (χ1v) is 6.15. The van der Waals surface area contributed by atoms with Gasteiger partial charge in [0.15, 0.2) is 0 Å². The van der Waals surface area contributed by atoms with Crippen LogP contribution in [0.3, 0.4) is 0 Å². The number of aromatic nitrogens is 2. The van der Waals surface area contributed by atoms with Crippen molar-refractivity contribution in [2.75, 3.05) is 0 Å². The maximum atomic E-state index is 11.8. The summed E-state index contributed by atoms with van der Waals surface area (Å²) in [4.78, 5) is 29.9. The first kappa shape index (κ1) is 14.6. The second kappa shape index (κ2) is 5.31. The van der Waals surface area contributed by atoms with Gasteiger partial charge >= 0.3 is 6.09 Å². The van der Waals surface area contributed by atoms with Crippen molar-refractivity contribution in [3.8, 4) is 5.88 Å². The molecule has 1 aromatic carbocycles. The topological polar surface area (TPSA) is 107 Å². The summed E-state index contributed by atoms with van der Waals surface area (Å²) in [5, 5.41) is 13.7. The van der Waals surface area contributed by atoms with Gasteiger partial charge in [-0.3, -0.25) is 10.1 Å². The predicted octanol–water partition coefficient (Wildman–Crippen LogP) is 2.42. The number of ether oxygens (including phenoxy) is 1. The minimum atomic E-state index is -0.686. The van der Waals surface area contributed by atoms with Crippen molar-refractivity contribution >= 4 is 22.7 Å². The van der Waals surface area contributed by atoms with Crippen molar-refractivity contribution in [1.82, 2.24) is 15.3 Å². The van der Waals surface area contributed by atoms with E-state index in [4.69, 9.17) is 4.74 Å². The molecule has 2 aromatic rings. The monoisotopic (exact) mass is 290 g/mol. The van der Waals surface area contributed by atoms with Gasteiger partial charge < -0.3 is 10.1 Å². The van der Waals surface area contributed by atoms with Gasteiger partial charge in [-0.05, 0) is 26.8 Å². The molecule has 21 heavy (non-hydrogen) atoms. The Morgan fingerprint density at radius 3 is 2.67 bits per heavy atom. The van der Waals surface area contributed by atoms with Crippen LogP contribution in [0.25, 0.3) is 10.9 Å². The van der Waals surface area contributed by atoms with E-state index in [0.717, 1.165) is 0 Å². The maximum Gasteiger partial charge on any atom is 0.414 e. The summed E-state index contributed by atoms with van der Waals surface area (Å²) in [6, 6.07) is 4.08. The molecule has 0 spiro atoms. The highest BCUT2D eigenvalue weighted by molar-refractivity contribution is 5.87. The van der Waals surface area contributed by atoms with Gasteiger partial charge in [0.2, 0.25) is 5.88 Å². The number of amides is 1. The summed E-state index contributed by atoms with van der Waals surface area (Å²) in [6.07, 6.45) is 0.544. The van der Waals surface area contributed by atoms with Gasteiger partial charge in [0.05, 0.1) is 15.8 Å². The molecular formula is C13H14N4O4. The van der Waals surface area contributed by atoms with E-state index in [9.17, 15) is 14.9 Å². The van der Waals surface area contributed by atoms with E-state index in [-0.39, 0.29) is 11.6 Å². The van der Waals surface area contributed by atoms with E-state index in [2.05, 4.69) is 15.3 Å². The quantitative estimate of drug-likeness (QED) is 0.672. The minimum Gasteiger partial charge on any atom is -0.390 e. The van der Waals surface area contributed by atoms with Crippen LogP contribution in [0.4, 0.5) is 10.5 Å². The number of nitrogens with one attached hydrogen (secondary N) is 1. The molecule has 0 fully saturated rings. The molecular weight excluding hydrogens is 276 g/mol. The fourth-order valence-corrected chi connectivity index (χ4v) is 1.64. The maximum absolute atomic E-state index is 11.8. The van der Waals surface area contributed by atoms with E-state index in [0.29, 0.717) is 10.9 Å². The minimum absolute atomic E-state index is 0.0227. The van der Waals surface area contributed by atoms with Crippen LogP contribution >= 0.6 is 0 Å². The van der Waals surface area contributed by atoms with Crippen LogP contribution in [-0.2, 0) is 0 Å². The Morgan fingerprint density at radius 1 is 1.33 bits per heavy atom. The van der Waals surface area contributed by atoms with Crippen LogP contribution < -0.4 is 10.1 Å². The molecule has 0 saturated heterocycles. The van der Waals surface area contributed by atoms with Crippen LogP contribution in [0.2, 0.25) is 0 Å². The zero-order valence-corrected chi connectivity index (χ0v) is 11.8. The standard InChI is InChI=1S/C13H14N4O4/c1-13(2,3)16-12(18)21-11-9-6-8(17(19)20)4-5-10(9)14-7-15-11/h4-7H,1-3H3,(H,16,18). The van der Waals surface area contributed by atoms with Crippen molar-refractivity contribution in [3.05, 3.63) is 34.6 Å². The van der Waals surface area contributed by atoms with Crippen LogP contribution in [0.1, 0.15) is 20.8 Å². The fourth-order valence-electron chi connectivity index (χ4n) is 1.64. The van der Waals surface area contributed by atoms with Gasteiger partial charge in [0.25, 0.3) is 5.69 Å². The van der Waals surface area contributed by atoms with Crippen LogP contribution in [-0.4, -0.2) is 26.5 Å². The zero-order chi connectivity index (χ0) is 15.6. The molecule has 0 atom stereocenters. The predicted molar refractivity (Wildman–Crippen MR) is 75.1 cm³/mol. The van der Waals surface area contributed by atoms with Crippen molar-refractivity contribution in [1.29, 1.82) is 0 Å². The summed E-state index contributed by atoms with van der Waals surface area (Å²) in [5.41, 5.74) is -0.140. The molecule has 1 N–H and O–H groups in total. The number of nitrogens with zero attached hydrogens (tertiary/aromatic N) is 3. The normalized spacial score (nSPS) is 11.2. The highest BCUT2D eigenvalue weighted by atomic mass is 16.6. The summed E-state index contributed by atoms with van der Waals surface area (Å²) in [6.45, 7) is 5.41. The molecule has 1 heterocycles. The van der Waals surface area contributed by atoms with Gasteiger partial charge in [-0.15, -0.1) is 0 Å². The molecule has 110 valence electrons. The van der Waals surface area contributed by atoms with Gasteiger partial charge in [0.1, 0.15) is 6.33 Å². The molecule has 0 radical (unpaired) electrons. The fraction of sp³-hybridized carbons (Fsp3) is 0.308. The van der Waals surface area contributed by atoms with Gasteiger partial charge in [-0.1, -0.05) is 0 Å². The highest BCUT2D eigenvalue weighted by Gasteiger charge is 2.18. The Kier molecular flexibility index (Phi) is 3.70. The van der Waals surface area contributed by atoms with Crippen molar-refractivity contribution in [3.63, 3.8) is 0 Å². The molecule has 0 saturated carbocycles. The van der Waals surface area contributed by atoms with Gasteiger partial charge in [0, 0.05) is 17.7 Å². The Morgan fingerprint density at radius 2 is 2.05 bits per heavy atom. The van der Waals surface area contributed by atoms with Crippen LogP contribution in [0.15, 0.2) is 24.5 Å². The van der Waals surface area contributed by atoms with E-state index in [1.807, 2.05) is 0 Å². The van der Waals surface area contributed by atoms with E-state index in [1.165, 1.54) is 24.5 Å². The lowest BCUT2D eigenvalue weighted by Gasteiger charge is -2.19. The molecule has 8 heteroatoms. The third kappa shape index (κ3) is 3.62. The number of hydrogen-bond donors (Lipinski definition) is 1. The van der Waals surface area contributed by atoms with Crippen LogP contribution in [0, 0.1) is 10.1 Å². The second-order valence-corrected chi connectivity index (χ2v) is 5.40. The lowest BCUT2D eigenvalue weighted by molar-refractivity contribution is -0.384. The smallest absolute Gasteiger partial charge is 0.390 e. The molecule has 0 aliphatic carbocycles. The molecule has 8 nitrogen and oxygen atoms in total. The number of fused-ring (bicyclic) bond motifs is 1. The average molecular weight is 290 g/mol. The van der Waals surface area contributed by atoms with E-state index in [1.54, 1.807) is 20.8 Å². The van der Waals surface area contributed by atoms with E-state index >= 15 is 0 Å². The number of benzene rings is 1. The Bertz CT molecular complexity index is 709. The Balaban J connectivity index is 2.37. The van der Waals surface area contributed by atoms with Crippen LogP contribution in [0.5, 0.6) is 5.88 Å². The SMILES string of the molecule is CC(C)(C)NC(=O)Oc1ncnc2ccc([N+](=O)[O-])cc12. The number of nitro groups is 1. The first-order valence-electron chi connectivity index (χ1n) is 6.15. The number of hydrogen-bond acceptors (Lipinski definition) is 6. The number of non-ortho nitro benzene ring substituents is 1. The summed E-state index contributed by atoms with van der Waals surface area (Å²) in [5.74, 6) is -0.0227. The number of rotatable bonds is 2. The van der Waals surface area contributed by atoms with Crippen molar-refractivity contribution in [2.45, 2.75) is 26.3 Å². The number of nitro benzene ring substituents is 1. The summed E-state index contributed by atoms with van der Waals surface area (Å²) in [7, 11) is 0. The second-order valence-electron chi connectivity index (χ2n) is 5.40. The van der Waals surface area contributed by atoms with Crippen molar-refractivity contribution < 1.29 is 14.5 Å². The molecule has 1 amide bonds.